The van der Waals surface area contributed by atoms with Crippen LogP contribution in [0, 0.1) is 0 Å². The molecule has 0 aliphatic carbocycles. The topological polar surface area (TPSA) is 61.6 Å². The highest BCUT2D eigenvalue weighted by atomic mass is 16.5. The molecule has 0 bridgehead atoms. The number of carbonyl (C=O) groups is 1. The Labute approximate surface area is 83.1 Å². The highest BCUT2D eigenvalue weighted by Gasteiger charge is 2.39. The van der Waals surface area contributed by atoms with Gasteiger partial charge >= 0.3 is 0 Å². The van der Waals surface area contributed by atoms with Gasteiger partial charge in [0, 0.05) is 12.2 Å². The average Bonchev–Trinajstić information content (AvgIpc) is 2.67. The van der Waals surface area contributed by atoms with Crippen LogP contribution in [0.5, 0.6) is 0 Å². The Kier molecular flexibility index (Phi) is 2.56. The molecule has 4 heteroatoms. The highest BCUT2D eigenvalue weighted by molar-refractivity contribution is 6.02. The lowest BCUT2D eigenvalue weighted by atomic mass is 9.88. The van der Waals surface area contributed by atoms with Crippen molar-refractivity contribution in [2.24, 2.45) is 5.73 Å². The largest absolute Gasteiger partial charge is 0.501 e. The van der Waals surface area contributed by atoms with Gasteiger partial charge in [-0.2, -0.15) is 0 Å². The summed E-state index contributed by atoms with van der Waals surface area (Å²) < 4.78 is 10.3. The minimum atomic E-state index is -0.799. The lowest BCUT2D eigenvalue weighted by molar-refractivity contribution is -0.121. The maximum atomic E-state index is 12.0. The number of rotatable bonds is 2. The van der Waals surface area contributed by atoms with Gasteiger partial charge in [-0.25, -0.2) is 0 Å². The van der Waals surface area contributed by atoms with E-state index in [4.69, 9.17) is 15.2 Å². The molecule has 1 unspecified atom stereocenters. The van der Waals surface area contributed by atoms with Crippen molar-refractivity contribution in [1.29, 1.82) is 0 Å². The molecule has 1 fully saturated rings. The van der Waals surface area contributed by atoms with Gasteiger partial charge in [0.15, 0.2) is 5.78 Å². The van der Waals surface area contributed by atoms with Crippen molar-refractivity contribution >= 4 is 5.78 Å². The van der Waals surface area contributed by atoms with Crippen LogP contribution in [-0.2, 0) is 14.3 Å². The quantitative estimate of drug-likeness (QED) is 0.694. The number of hydrogen-bond acceptors (Lipinski definition) is 4. The van der Waals surface area contributed by atoms with Crippen LogP contribution in [0.15, 0.2) is 11.8 Å². The minimum absolute atomic E-state index is 0.00491. The molecule has 0 saturated carbocycles. The van der Waals surface area contributed by atoms with E-state index in [0.717, 1.165) is 12.8 Å². The second-order valence-electron chi connectivity index (χ2n) is 3.91. The predicted octanol–water partition coefficient (Wildman–Crippen LogP) is 0.368. The van der Waals surface area contributed by atoms with Crippen LogP contribution in [0.4, 0.5) is 0 Å². The third-order valence-corrected chi connectivity index (χ3v) is 2.73. The first-order valence-electron chi connectivity index (χ1n) is 4.94. The zero-order valence-corrected chi connectivity index (χ0v) is 8.12. The van der Waals surface area contributed by atoms with Crippen LogP contribution in [0.2, 0.25) is 0 Å². The molecule has 0 aromatic carbocycles. The summed E-state index contributed by atoms with van der Waals surface area (Å²) in [5.74, 6) is -0.00491. The average molecular weight is 197 g/mol. The van der Waals surface area contributed by atoms with E-state index in [-0.39, 0.29) is 5.78 Å². The molecule has 1 saturated heterocycles. The second-order valence-corrected chi connectivity index (χ2v) is 3.91. The van der Waals surface area contributed by atoms with Crippen LogP contribution in [0.3, 0.4) is 0 Å². The summed E-state index contributed by atoms with van der Waals surface area (Å²) in [6.45, 7) is 1.62. The molecular formula is C10H15NO3. The van der Waals surface area contributed by atoms with Crippen molar-refractivity contribution in [3.8, 4) is 0 Å². The fraction of sp³-hybridized carbons (Fsp3) is 0.700. The van der Waals surface area contributed by atoms with E-state index in [1.54, 1.807) is 6.26 Å². The molecule has 78 valence electrons. The summed E-state index contributed by atoms with van der Waals surface area (Å²) in [5, 5.41) is 0. The lowest BCUT2D eigenvalue weighted by Gasteiger charge is -2.23. The van der Waals surface area contributed by atoms with Gasteiger partial charge in [0.05, 0.1) is 19.5 Å². The van der Waals surface area contributed by atoms with Crippen LogP contribution in [-0.4, -0.2) is 31.1 Å². The number of Topliss-reactive ketones (excluding diaryl/α,β-unsaturated/α-hetero) is 1. The number of carbonyl (C=O) groups excluding carboxylic acids is 1. The van der Waals surface area contributed by atoms with Crippen LogP contribution in [0.1, 0.15) is 19.3 Å². The third kappa shape index (κ3) is 1.67. The summed E-state index contributed by atoms with van der Waals surface area (Å²) in [6.07, 6.45) is 3.84. The predicted molar refractivity (Wildman–Crippen MR) is 50.6 cm³/mol. The first kappa shape index (κ1) is 9.68. The molecular weight excluding hydrogens is 182 g/mol. The molecule has 2 aliphatic heterocycles. The highest BCUT2D eigenvalue weighted by Crippen LogP contribution is 2.24. The zero-order valence-electron chi connectivity index (χ0n) is 8.12. The Bertz CT molecular complexity index is 267. The van der Waals surface area contributed by atoms with Gasteiger partial charge in [0.25, 0.3) is 0 Å². The molecule has 2 aliphatic rings. The fourth-order valence-corrected chi connectivity index (χ4v) is 1.81. The van der Waals surface area contributed by atoms with Gasteiger partial charge in [0.2, 0.25) is 0 Å². The maximum absolute atomic E-state index is 12.0. The Morgan fingerprint density at radius 1 is 1.50 bits per heavy atom. The van der Waals surface area contributed by atoms with Crippen molar-refractivity contribution in [3.05, 3.63) is 11.8 Å². The van der Waals surface area contributed by atoms with Gasteiger partial charge in [-0.15, -0.1) is 0 Å². The van der Waals surface area contributed by atoms with E-state index in [9.17, 15) is 4.79 Å². The van der Waals surface area contributed by atoms with E-state index in [1.165, 1.54) is 0 Å². The molecule has 4 nitrogen and oxygen atoms in total. The lowest BCUT2D eigenvalue weighted by Crippen LogP contribution is -2.49. The Morgan fingerprint density at radius 3 is 2.93 bits per heavy atom. The summed E-state index contributed by atoms with van der Waals surface area (Å²) in [5.41, 5.74) is 5.88. The molecule has 2 N–H and O–H groups in total. The number of ketones is 1. The number of ether oxygens (including phenoxy) is 2. The third-order valence-electron chi connectivity index (χ3n) is 2.73. The molecule has 0 aromatic heterocycles. The van der Waals surface area contributed by atoms with Gasteiger partial charge in [0.1, 0.15) is 5.54 Å². The smallest absolute Gasteiger partial charge is 0.184 e. The summed E-state index contributed by atoms with van der Waals surface area (Å²) in [4.78, 5) is 12.0. The van der Waals surface area contributed by atoms with Crippen molar-refractivity contribution in [2.75, 3.05) is 19.8 Å². The standard InChI is InChI=1S/C10H15NO3/c11-10(3-5-14-7-10)9(12)8-2-1-4-13-6-8/h6H,1-5,7,11H2. The molecule has 0 amide bonds. The van der Waals surface area contributed by atoms with Crippen LogP contribution < -0.4 is 5.73 Å². The summed E-state index contributed by atoms with van der Waals surface area (Å²) in [7, 11) is 0. The molecule has 14 heavy (non-hydrogen) atoms. The molecule has 2 heterocycles. The zero-order chi connectivity index (χ0) is 10.0. The summed E-state index contributed by atoms with van der Waals surface area (Å²) in [6, 6.07) is 0. The van der Waals surface area contributed by atoms with Crippen molar-refractivity contribution in [3.63, 3.8) is 0 Å². The monoisotopic (exact) mass is 197 g/mol. The first-order chi connectivity index (χ1) is 6.72. The minimum Gasteiger partial charge on any atom is -0.501 e. The molecule has 1 atom stereocenters. The van der Waals surface area contributed by atoms with E-state index in [2.05, 4.69) is 0 Å². The summed E-state index contributed by atoms with van der Waals surface area (Å²) >= 11 is 0. The first-order valence-corrected chi connectivity index (χ1v) is 4.94. The van der Waals surface area contributed by atoms with Gasteiger partial charge in [-0.05, 0) is 19.3 Å². The maximum Gasteiger partial charge on any atom is 0.184 e. The molecule has 0 aromatic rings. The van der Waals surface area contributed by atoms with E-state index in [1.807, 2.05) is 0 Å². The van der Waals surface area contributed by atoms with E-state index in [0.29, 0.717) is 31.8 Å². The van der Waals surface area contributed by atoms with E-state index >= 15 is 0 Å². The van der Waals surface area contributed by atoms with Crippen LogP contribution >= 0.6 is 0 Å². The van der Waals surface area contributed by atoms with Gasteiger partial charge in [-0.1, -0.05) is 0 Å². The van der Waals surface area contributed by atoms with Crippen LogP contribution in [0.25, 0.3) is 0 Å². The van der Waals surface area contributed by atoms with Crippen molar-refractivity contribution in [2.45, 2.75) is 24.8 Å². The van der Waals surface area contributed by atoms with Crippen molar-refractivity contribution < 1.29 is 14.3 Å². The Hall–Kier alpha value is -0.870. The molecule has 2 rings (SSSR count). The number of nitrogens with two attached hydrogens (primary N) is 1. The Morgan fingerprint density at radius 2 is 2.36 bits per heavy atom. The van der Waals surface area contributed by atoms with Crippen molar-refractivity contribution in [1.82, 2.24) is 0 Å². The SMILES string of the molecule is NC1(C(=O)C2=COCCC2)CCOC1. The van der Waals surface area contributed by atoms with Gasteiger partial charge < -0.3 is 15.2 Å². The molecule has 0 radical (unpaired) electrons. The Balaban J connectivity index is 2.10. The number of hydrogen-bond donors (Lipinski definition) is 1. The molecule has 0 spiro atoms. The van der Waals surface area contributed by atoms with Gasteiger partial charge in [-0.3, -0.25) is 4.79 Å². The normalized spacial score (nSPS) is 32.2. The van der Waals surface area contributed by atoms with E-state index < -0.39 is 5.54 Å². The fourth-order valence-electron chi connectivity index (χ4n) is 1.81. The second kappa shape index (κ2) is 3.71.